The van der Waals surface area contributed by atoms with Crippen LogP contribution in [0.3, 0.4) is 0 Å². The number of ether oxygens (including phenoxy) is 1. The Morgan fingerprint density at radius 3 is 2.60 bits per heavy atom. The van der Waals surface area contributed by atoms with Crippen molar-refractivity contribution in [1.82, 2.24) is 9.88 Å². The summed E-state index contributed by atoms with van der Waals surface area (Å²) in [6.45, 7) is 2.36. The molecule has 6 heteroatoms. The molecule has 6 nitrogen and oxygen atoms in total. The zero-order valence-corrected chi connectivity index (χ0v) is 14.0. The highest BCUT2D eigenvalue weighted by Crippen LogP contribution is 2.38. The van der Waals surface area contributed by atoms with E-state index in [1.807, 2.05) is 43.3 Å². The fourth-order valence-electron chi connectivity index (χ4n) is 3.25. The van der Waals surface area contributed by atoms with Crippen LogP contribution in [0.5, 0.6) is 0 Å². The first-order valence-corrected chi connectivity index (χ1v) is 8.10. The number of carboxylic acid groups (broad SMARTS) is 1. The van der Waals surface area contributed by atoms with Gasteiger partial charge in [0.1, 0.15) is 6.61 Å². The summed E-state index contributed by atoms with van der Waals surface area (Å²) in [6, 6.07) is 14.8. The second kappa shape index (κ2) is 6.93. The van der Waals surface area contributed by atoms with Crippen LogP contribution in [-0.2, 0) is 21.6 Å². The van der Waals surface area contributed by atoms with Gasteiger partial charge in [0.2, 0.25) is 0 Å². The van der Waals surface area contributed by atoms with Crippen LogP contribution >= 0.6 is 0 Å². The van der Waals surface area contributed by atoms with Crippen LogP contribution in [0.2, 0.25) is 0 Å². The van der Waals surface area contributed by atoms with Crippen molar-refractivity contribution >= 4 is 12.1 Å². The van der Waals surface area contributed by atoms with Gasteiger partial charge >= 0.3 is 12.1 Å². The minimum absolute atomic E-state index is 0.107. The van der Waals surface area contributed by atoms with Crippen molar-refractivity contribution in [2.24, 2.45) is 5.92 Å². The summed E-state index contributed by atoms with van der Waals surface area (Å²) in [7, 11) is 0. The number of aromatic nitrogens is 1. The minimum Gasteiger partial charge on any atom is -0.481 e. The Morgan fingerprint density at radius 2 is 1.96 bits per heavy atom. The highest BCUT2D eigenvalue weighted by molar-refractivity contribution is 5.76. The van der Waals surface area contributed by atoms with Crippen molar-refractivity contribution in [3.05, 3.63) is 66.0 Å². The van der Waals surface area contributed by atoms with Crippen molar-refractivity contribution < 1.29 is 19.4 Å². The van der Waals surface area contributed by atoms with E-state index in [-0.39, 0.29) is 19.7 Å². The third kappa shape index (κ3) is 3.47. The predicted octanol–water partition coefficient (Wildman–Crippen LogP) is 2.69. The summed E-state index contributed by atoms with van der Waals surface area (Å²) in [5, 5.41) is 9.61. The number of hydrogen-bond acceptors (Lipinski definition) is 4. The van der Waals surface area contributed by atoms with Crippen LogP contribution in [0.25, 0.3) is 0 Å². The molecule has 2 atom stereocenters. The summed E-state index contributed by atoms with van der Waals surface area (Å²) < 4.78 is 5.34. The van der Waals surface area contributed by atoms with E-state index in [4.69, 9.17) is 4.74 Å². The molecule has 0 aliphatic carbocycles. The topological polar surface area (TPSA) is 79.7 Å². The monoisotopic (exact) mass is 340 g/mol. The Bertz CT molecular complexity index is 751. The largest absolute Gasteiger partial charge is 0.481 e. The van der Waals surface area contributed by atoms with Crippen molar-refractivity contribution in [3.8, 4) is 0 Å². The molecule has 130 valence electrons. The number of benzene rings is 1. The van der Waals surface area contributed by atoms with Crippen molar-refractivity contribution in [3.63, 3.8) is 0 Å². The number of carboxylic acids is 1. The van der Waals surface area contributed by atoms with Gasteiger partial charge in [0.15, 0.2) is 0 Å². The molecule has 0 unspecified atom stereocenters. The van der Waals surface area contributed by atoms with Crippen LogP contribution in [0.1, 0.15) is 18.2 Å². The number of pyridine rings is 1. The standard InChI is InChI=1S/C19H20N2O4/c1-19(16-9-5-6-10-20-16)13-21(11-15(19)17(22)23)18(24)25-12-14-7-3-2-4-8-14/h2-10,15H,11-13H2,1H3,(H,22,23)/t15-,19+/m0/s1. The van der Waals surface area contributed by atoms with E-state index in [0.29, 0.717) is 5.69 Å². The molecule has 2 aromatic rings. The first-order chi connectivity index (χ1) is 12.0. The average Bonchev–Trinajstić information content (AvgIpc) is 3.01. The Morgan fingerprint density at radius 1 is 1.24 bits per heavy atom. The van der Waals surface area contributed by atoms with Gasteiger partial charge in [-0.3, -0.25) is 9.78 Å². The van der Waals surface area contributed by atoms with Gasteiger partial charge in [-0.1, -0.05) is 43.3 Å². The lowest BCUT2D eigenvalue weighted by Gasteiger charge is -2.27. The highest BCUT2D eigenvalue weighted by Gasteiger charge is 2.50. The lowest BCUT2D eigenvalue weighted by molar-refractivity contribution is -0.142. The number of likely N-dealkylation sites (tertiary alicyclic amines) is 1. The van der Waals surface area contributed by atoms with Crippen molar-refractivity contribution in [1.29, 1.82) is 0 Å². The second-order valence-electron chi connectivity index (χ2n) is 6.44. The summed E-state index contributed by atoms with van der Waals surface area (Å²) in [5.74, 6) is -1.67. The van der Waals surface area contributed by atoms with Gasteiger partial charge in [-0.25, -0.2) is 4.79 Å². The lowest BCUT2D eigenvalue weighted by atomic mass is 9.77. The fraction of sp³-hybridized carbons (Fsp3) is 0.316. The smallest absolute Gasteiger partial charge is 0.410 e. The van der Waals surface area contributed by atoms with Crippen molar-refractivity contribution in [2.45, 2.75) is 18.9 Å². The third-order valence-corrected chi connectivity index (χ3v) is 4.70. The van der Waals surface area contributed by atoms with Gasteiger partial charge in [-0.05, 0) is 17.7 Å². The maximum atomic E-state index is 12.4. The van der Waals surface area contributed by atoms with Crippen LogP contribution in [-0.4, -0.2) is 40.1 Å². The molecular weight excluding hydrogens is 320 g/mol. The van der Waals surface area contributed by atoms with Crippen LogP contribution in [0, 0.1) is 5.92 Å². The number of hydrogen-bond donors (Lipinski definition) is 1. The van der Waals surface area contributed by atoms with E-state index in [9.17, 15) is 14.7 Å². The number of carbonyl (C=O) groups excluding carboxylic acids is 1. The summed E-state index contributed by atoms with van der Waals surface area (Å²) in [4.78, 5) is 29.9. The summed E-state index contributed by atoms with van der Waals surface area (Å²) in [6.07, 6.45) is 1.13. The molecule has 1 amide bonds. The molecule has 3 rings (SSSR count). The Labute approximate surface area is 146 Å². The normalized spacial score (nSPS) is 22.6. The fourth-order valence-corrected chi connectivity index (χ4v) is 3.25. The zero-order valence-electron chi connectivity index (χ0n) is 14.0. The van der Waals surface area contributed by atoms with E-state index >= 15 is 0 Å². The summed E-state index contributed by atoms with van der Waals surface area (Å²) in [5.41, 5.74) is 0.803. The first-order valence-electron chi connectivity index (χ1n) is 8.10. The van der Waals surface area contributed by atoms with Crippen LogP contribution in [0.15, 0.2) is 54.7 Å². The predicted molar refractivity (Wildman–Crippen MR) is 90.9 cm³/mol. The van der Waals surface area contributed by atoms with E-state index in [1.54, 1.807) is 18.3 Å². The number of carbonyl (C=O) groups is 2. The SMILES string of the molecule is C[C@@]1(c2ccccn2)CN(C(=O)OCc2ccccc2)C[C@H]1C(=O)O. The molecule has 0 saturated carbocycles. The average molecular weight is 340 g/mol. The van der Waals surface area contributed by atoms with Crippen molar-refractivity contribution in [2.75, 3.05) is 13.1 Å². The second-order valence-corrected chi connectivity index (χ2v) is 6.44. The van der Waals surface area contributed by atoms with E-state index in [1.165, 1.54) is 4.90 Å². The Balaban J connectivity index is 1.73. The molecule has 25 heavy (non-hydrogen) atoms. The van der Waals surface area contributed by atoms with E-state index in [0.717, 1.165) is 5.56 Å². The molecule has 1 N–H and O–H groups in total. The van der Waals surface area contributed by atoms with Gasteiger partial charge in [-0.15, -0.1) is 0 Å². The van der Waals surface area contributed by atoms with Gasteiger partial charge in [0, 0.05) is 30.4 Å². The molecule has 1 aliphatic rings. The lowest BCUT2D eigenvalue weighted by Crippen LogP contribution is -2.37. The molecule has 1 aliphatic heterocycles. The summed E-state index contributed by atoms with van der Waals surface area (Å²) >= 11 is 0. The number of amides is 1. The molecule has 0 radical (unpaired) electrons. The molecular formula is C19H20N2O4. The van der Waals surface area contributed by atoms with E-state index < -0.39 is 23.4 Å². The Kier molecular flexibility index (Phi) is 4.70. The molecule has 1 saturated heterocycles. The zero-order chi connectivity index (χ0) is 17.9. The van der Waals surface area contributed by atoms with Gasteiger partial charge in [0.25, 0.3) is 0 Å². The third-order valence-electron chi connectivity index (χ3n) is 4.70. The molecule has 1 aromatic heterocycles. The highest BCUT2D eigenvalue weighted by atomic mass is 16.6. The Hall–Kier alpha value is -2.89. The maximum Gasteiger partial charge on any atom is 0.410 e. The maximum absolute atomic E-state index is 12.4. The first kappa shape index (κ1) is 17.0. The van der Waals surface area contributed by atoms with Gasteiger partial charge < -0.3 is 14.7 Å². The quantitative estimate of drug-likeness (QED) is 0.926. The van der Waals surface area contributed by atoms with E-state index in [2.05, 4.69) is 4.98 Å². The molecule has 1 aromatic carbocycles. The molecule has 1 fully saturated rings. The van der Waals surface area contributed by atoms with Crippen LogP contribution < -0.4 is 0 Å². The van der Waals surface area contributed by atoms with Crippen LogP contribution in [0.4, 0.5) is 4.79 Å². The number of aliphatic carboxylic acids is 1. The number of nitrogens with zero attached hydrogens (tertiary/aromatic N) is 2. The minimum atomic E-state index is -0.938. The van der Waals surface area contributed by atoms with Gasteiger partial charge in [0.05, 0.1) is 5.92 Å². The molecule has 0 bridgehead atoms. The number of rotatable bonds is 4. The molecule has 2 heterocycles. The van der Waals surface area contributed by atoms with Gasteiger partial charge in [-0.2, -0.15) is 0 Å². The molecule has 0 spiro atoms.